The molecule has 0 aromatic heterocycles. The largest absolute Gasteiger partial charge is 0.465 e. The van der Waals surface area contributed by atoms with Gasteiger partial charge in [-0.25, -0.2) is 4.79 Å². The van der Waals surface area contributed by atoms with Gasteiger partial charge in [-0.2, -0.15) is 0 Å². The van der Waals surface area contributed by atoms with E-state index in [4.69, 9.17) is 0 Å². The number of para-hydroxylation sites is 1. The smallest absolute Gasteiger partial charge is 0.337 e. The van der Waals surface area contributed by atoms with Crippen LogP contribution in [0.15, 0.2) is 42.5 Å². The molecule has 1 aliphatic rings. The molecule has 0 spiro atoms. The Bertz CT molecular complexity index is 923. The Kier molecular flexibility index (Phi) is 5.78. The lowest BCUT2D eigenvalue weighted by Gasteiger charge is -2.13. The number of amides is 2. The molecule has 2 aromatic rings. The number of carbonyl (C=O) groups excluding carboxylic acids is 3. The van der Waals surface area contributed by atoms with E-state index in [0.717, 1.165) is 23.2 Å². The van der Waals surface area contributed by atoms with Crippen LogP contribution in [0.5, 0.6) is 0 Å². The van der Waals surface area contributed by atoms with E-state index in [1.807, 2.05) is 32.0 Å². The predicted molar refractivity (Wildman–Crippen MR) is 107 cm³/mol. The molecule has 0 heterocycles. The first kappa shape index (κ1) is 19.6. The maximum atomic E-state index is 12.6. The highest BCUT2D eigenvalue weighted by molar-refractivity contribution is 6.04. The SMILES string of the molecule is CCc1cccc(C)c1NC(=O)C1CC1C(=O)Nc1cccc(C(=O)OC)c1. The second-order valence-corrected chi connectivity index (χ2v) is 6.96. The molecule has 2 atom stereocenters. The molecule has 2 amide bonds. The third-order valence-electron chi connectivity index (χ3n) is 5.00. The Morgan fingerprint density at radius 2 is 1.71 bits per heavy atom. The normalized spacial score (nSPS) is 17.5. The van der Waals surface area contributed by atoms with E-state index >= 15 is 0 Å². The number of rotatable bonds is 6. The van der Waals surface area contributed by atoms with E-state index in [1.165, 1.54) is 7.11 Å². The number of ether oxygens (including phenoxy) is 1. The van der Waals surface area contributed by atoms with Crippen molar-refractivity contribution in [1.29, 1.82) is 0 Å². The van der Waals surface area contributed by atoms with Gasteiger partial charge in [0.2, 0.25) is 11.8 Å². The maximum Gasteiger partial charge on any atom is 0.337 e. The second-order valence-electron chi connectivity index (χ2n) is 6.96. The van der Waals surface area contributed by atoms with Gasteiger partial charge in [0.15, 0.2) is 0 Å². The molecule has 6 heteroatoms. The average molecular weight is 380 g/mol. The Hall–Kier alpha value is -3.15. The van der Waals surface area contributed by atoms with Crippen LogP contribution in [0.2, 0.25) is 0 Å². The van der Waals surface area contributed by atoms with Crippen LogP contribution >= 0.6 is 0 Å². The molecule has 0 aliphatic heterocycles. The number of carbonyl (C=O) groups is 3. The first-order valence-corrected chi connectivity index (χ1v) is 9.33. The summed E-state index contributed by atoms with van der Waals surface area (Å²) in [4.78, 5) is 36.7. The third kappa shape index (κ3) is 4.22. The van der Waals surface area contributed by atoms with E-state index < -0.39 is 5.97 Å². The summed E-state index contributed by atoms with van der Waals surface area (Å²) in [6.07, 6.45) is 1.34. The van der Waals surface area contributed by atoms with Crippen molar-refractivity contribution < 1.29 is 19.1 Å². The van der Waals surface area contributed by atoms with Crippen LogP contribution in [-0.2, 0) is 20.7 Å². The van der Waals surface area contributed by atoms with E-state index in [-0.39, 0.29) is 23.7 Å². The van der Waals surface area contributed by atoms with Crippen molar-refractivity contribution in [3.63, 3.8) is 0 Å². The Balaban J connectivity index is 1.62. The fraction of sp³-hybridized carbons (Fsp3) is 0.318. The van der Waals surface area contributed by atoms with Crippen LogP contribution in [-0.4, -0.2) is 24.9 Å². The zero-order chi connectivity index (χ0) is 20.3. The van der Waals surface area contributed by atoms with Crippen molar-refractivity contribution in [2.45, 2.75) is 26.7 Å². The van der Waals surface area contributed by atoms with Crippen molar-refractivity contribution in [2.75, 3.05) is 17.7 Å². The first-order chi connectivity index (χ1) is 13.4. The molecule has 1 aliphatic carbocycles. The minimum Gasteiger partial charge on any atom is -0.465 e. The van der Waals surface area contributed by atoms with Gasteiger partial charge in [0, 0.05) is 11.4 Å². The van der Waals surface area contributed by atoms with Gasteiger partial charge >= 0.3 is 5.97 Å². The molecule has 3 rings (SSSR count). The van der Waals surface area contributed by atoms with Crippen molar-refractivity contribution in [2.24, 2.45) is 11.8 Å². The summed E-state index contributed by atoms with van der Waals surface area (Å²) in [6, 6.07) is 12.5. The zero-order valence-corrected chi connectivity index (χ0v) is 16.2. The number of esters is 1. The molecule has 0 radical (unpaired) electrons. The summed E-state index contributed by atoms with van der Waals surface area (Å²) in [5, 5.41) is 5.77. The van der Waals surface area contributed by atoms with Gasteiger partial charge in [-0.15, -0.1) is 0 Å². The van der Waals surface area contributed by atoms with E-state index in [2.05, 4.69) is 15.4 Å². The molecule has 2 unspecified atom stereocenters. The highest BCUT2D eigenvalue weighted by Crippen LogP contribution is 2.40. The molecule has 6 nitrogen and oxygen atoms in total. The van der Waals surface area contributed by atoms with Gasteiger partial charge in [-0.05, 0) is 49.1 Å². The number of methoxy groups -OCH3 is 1. The predicted octanol–water partition coefficient (Wildman–Crippen LogP) is 3.56. The van der Waals surface area contributed by atoms with Crippen LogP contribution < -0.4 is 10.6 Å². The van der Waals surface area contributed by atoms with Crippen molar-refractivity contribution in [1.82, 2.24) is 0 Å². The Morgan fingerprint density at radius 1 is 1.04 bits per heavy atom. The lowest BCUT2D eigenvalue weighted by Crippen LogP contribution is -2.21. The molecular formula is C22H24N2O4. The van der Waals surface area contributed by atoms with Gasteiger partial charge in [0.1, 0.15) is 0 Å². The number of nitrogens with one attached hydrogen (secondary N) is 2. The number of aryl methyl sites for hydroxylation is 2. The lowest BCUT2D eigenvalue weighted by molar-refractivity contribution is -0.122. The Labute approximate surface area is 164 Å². The summed E-state index contributed by atoms with van der Waals surface area (Å²) in [7, 11) is 1.30. The first-order valence-electron chi connectivity index (χ1n) is 9.33. The van der Waals surface area contributed by atoms with Gasteiger partial charge < -0.3 is 15.4 Å². The third-order valence-corrected chi connectivity index (χ3v) is 5.00. The zero-order valence-electron chi connectivity index (χ0n) is 16.2. The molecule has 28 heavy (non-hydrogen) atoms. The molecule has 1 fully saturated rings. The van der Waals surface area contributed by atoms with E-state index in [0.29, 0.717) is 17.7 Å². The van der Waals surface area contributed by atoms with Gasteiger partial charge in [-0.3, -0.25) is 9.59 Å². The number of hydrogen-bond donors (Lipinski definition) is 2. The van der Waals surface area contributed by atoms with Gasteiger partial charge in [0.05, 0.1) is 24.5 Å². The van der Waals surface area contributed by atoms with Gasteiger partial charge in [-0.1, -0.05) is 31.2 Å². The molecule has 1 saturated carbocycles. The summed E-state index contributed by atoms with van der Waals surface area (Å²) >= 11 is 0. The highest BCUT2D eigenvalue weighted by Gasteiger charge is 2.48. The van der Waals surface area contributed by atoms with Crippen LogP contribution in [0, 0.1) is 18.8 Å². The maximum absolute atomic E-state index is 12.6. The Morgan fingerprint density at radius 3 is 2.39 bits per heavy atom. The van der Waals surface area contributed by atoms with E-state index in [9.17, 15) is 14.4 Å². The molecule has 0 bridgehead atoms. The van der Waals surface area contributed by atoms with Crippen LogP contribution in [0.3, 0.4) is 0 Å². The summed E-state index contributed by atoms with van der Waals surface area (Å²) < 4.78 is 4.69. The van der Waals surface area contributed by atoms with Crippen LogP contribution in [0.25, 0.3) is 0 Å². The summed E-state index contributed by atoms with van der Waals surface area (Å²) in [5.41, 5.74) is 3.79. The summed E-state index contributed by atoms with van der Waals surface area (Å²) in [6.45, 7) is 4.00. The van der Waals surface area contributed by atoms with Crippen molar-refractivity contribution in [3.8, 4) is 0 Å². The molecule has 2 N–H and O–H groups in total. The molecule has 0 saturated heterocycles. The molecule has 146 valence electrons. The standard InChI is InChI=1S/C22H24N2O4/c1-4-14-8-5-7-13(2)19(14)24-21(26)18-12-17(18)20(25)23-16-10-6-9-15(11-16)22(27)28-3/h5-11,17-18H,4,12H2,1-3H3,(H,23,25)(H,24,26). The molecule has 2 aromatic carbocycles. The number of hydrogen-bond acceptors (Lipinski definition) is 4. The quantitative estimate of drug-likeness (QED) is 0.751. The van der Waals surface area contributed by atoms with E-state index in [1.54, 1.807) is 24.3 Å². The van der Waals surface area contributed by atoms with Crippen LogP contribution in [0.4, 0.5) is 11.4 Å². The number of benzene rings is 2. The minimum atomic E-state index is -0.468. The van der Waals surface area contributed by atoms with Gasteiger partial charge in [0.25, 0.3) is 0 Å². The average Bonchev–Trinajstić information content (AvgIpc) is 3.50. The van der Waals surface area contributed by atoms with Crippen molar-refractivity contribution >= 4 is 29.2 Å². The van der Waals surface area contributed by atoms with Crippen LogP contribution in [0.1, 0.15) is 34.8 Å². The summed E-state index contributed by atoms with van der Waals surface area (Å²) in [5.74, 6) is -1.52. The highest BCUT2D eigenvalue weighted by atomic mass is 16.5. The van der Waals surface area contributed by atoms with Crippen molar-refractivity contribution in [3.05, 3.63) is 59.2 Å². The fourth-order valence-electron chi connectivity index (χ4n) is 3.27. The minimum absolute atomic E-state index is 0.132. The molecular weight excluding hydrogens is 356 g/mol. The second kappa shape index (κ2) is 8.25. The fourth-order valence-corrected chi connectivity index (χ4v) is 3.27. The lowest BCUT2D eigenvalue weighted by atomic mass is 10.1. The monoisotopic (exact) mass is 380 g/mol. The number of anilines is 2. The topological polar surface area (TPSA) is 84.5 Å².